The number of carbonyl (C=O) groups excluding carboxylic acids is 2. The second-order valence-electron chi connectivity index (χ2n) is 17.6. The van der Waals surface area contributed by atoms with E-state index in [1.54, 1.807) is 0 Å². The first-order valence-corrected chi connectivity index (χ1v) is 46.0. The molecule has 0 radical (unpaired) electrons. The molecule has 0 atom stereocenters. The van der Waals surface area contributed by atoms with Crippen molar-refractivity contribution < 1.29 is 117 Å². The van der Waals surface area contributed by atoms with E-state index in [-0.39, 0.29) is 26.0 Å². The van der Waals surface area contributed by atoms with Crippen LogP contribution in [0.2, 0.25) is 0 Å². The first kappa shape index (κ1) is 52.2. The van der Waals surface area contributed by atoms with Crippen LogP contribution < -0.4 is 12.3 Å². The van der Waals surface area contributed by atoms with Crippen LogP contribution in [0.1, 0.15) is 155 Å². The van der Waals surface area contributed by atoms with Crippen LogP contribution in [-0.2, 0) is 117 Å². The minimum absolute atomic E-state index is 0.113. The van der Waals surface area contributed by atoms with E-state index < -0.39 is 98.3 Å². The molecule has 0 aliphatic carbocycles. The number of unbranched alkanes of at least 4 members (excludes halogenated alkanes) is 16. The summed E-state index contributed by atoms with van der Waals surface area (Å²) in [4.78, 5) is 28.4. The molecule has 0 aliphatic heterocycles. The Bertz CT molecular complexity index is 1480. The fourth-order valence-electron chi connectivity index (χ4n) is 8.90. The molecule has 4 aromatic rings. The molecule has 0 amide bonds. The average Bonchev–Trinajstić information content (AvgIpc) is 3.26. The second kappa shape index (κ2) is 32.3. The van der Waals surface area contributed by atoms with E-state index in [2.05, 4.69) is 135 Å². The van der Waals surface area contributed by atoms with Crippen molar-refractivity contribution in [1.29, 1.82) is 0 Å². The van der Waals surface area contributed by atoms with Gasteiger partial charge in [-0.2, -0.15) is 0 Å². The van der Waals surface area contributed by atoms with Crippen LogP contribution in [0.3, 0.4) is 0 Å². The summed E-state index contributed by atoms with van der Waals surface area (Å²) < 4.78 is 19.1. The van der Waals surface area contributed by atoms with E-state index in [0.717, 1.165) is 25.7 Å². The van der Waals surface area contributed by atoms with Gasteiger partial charge < -0.3 is 0 Å². The zero-order valence-corrected chi connectivity index (χ0v) is 59.6. The molecule has 310 valence electrons. The number of benzene rings is 4. The standard InChI is InChI=1S/C28H50O4.4C6H5.4Hg/c1-3-5-7-9-11-13-15-17-19-21-25-31-27(29)23-24-28(30)32-26-22-20-18-16-14-12-10-8-6-4-2;4*1-2-4-6-5-3-1;;;;/h3-24H2,1-2H3;4*1-5H;;;;. The molecule has 4 aromatic carbocycles. The third kappa shape index (κ3) is 22.5. The molecule has 0 aliphatic rings. The van der Waals surface area contributed by atoms with Crippen molar-refractivity contribution in [2.24, 2.45) is 0 Å². The summed E-state index contributed by atoms with van der Waals surface area (Å²) in [6.07, 6.45) is 25.3. The van der Waals surface area contributed by atoms with Crippen LogP contribution >= 0.6 is 0 Å². The van der Waals surface area contributed by atoms with Gasteiger partial charge in [-0.3, -0.25) is 0 Å². The molecular weight excluding hydrogens is 1490 g/mol. The molecule has 0 spiro atoms. The summed E-state index contributed by atoms with van der Waals surface area (Å²) in [5.74, 6) is -0.362. The van der Waals surface area contributed by atoms with Gasteiger partial charge in [0.15, 0.2) is 0 Å². The molecule has 0 aromatic heterocycles. The van der Waals surface area contributed by atoms with Gasteiger partial charge in [-0.15, -0.1) is 0 Å². The molecule has 0 unspecified atom stereocenters. The van der Waals surface area contributed by atoms with Gasteiger partial charge in [-0.05, 0) is 0 Å². The van der Waals surface area contributed by atoms with Gasteiger partial charge in [-0.25, -0.2) is 0 Å². The van der Waals surface area contributed by atoms with Crippen LogP contribution in [0.5, 0.6) is 0 Å². The number of carbonyl (C=O) groups is 2. The Labute approximate surface area is 414 Å². The third-order valence-corrected chi connectivity index (χ3v) is 77.7. The average molecular weight is 1560 g/mol. The van der Waals surface area contributed by atoms with Crippen LogP contribution in [0, 0.1) is 0 Å². The van der Waals surface area contributed by atoms with Crippen LogP contribution in [0.4, 0.5) is 0 Å². The van der Waals surface area contributed by atoms with Crippen LogP contribution in [0.15, 0.2) is 121 Å². The van der Waals surface area contributed by atoms with Gasteiger partial charge >= 0.3 is 419 Å². The van der Waals surface area contributed by atoms with Crippen molar-refractivity contribution in [1.82, 2.24) is 0 Å². The number of hydrogen-bond acceptors (Lipinski definition) is 4. The van der Waals surface area contributed by atoms with Gasteiger partial charge in [0.1, 0.15) is 0 Å². The van der Waals surface area contributed by atoms with Gasteiger partial charge in [-0.1, -0.05) is 0 Å². The normalized spacial score (nSPS) is 11.2. The molecule has 0 fully saturated rings. The molecule has 4 rings (SSSR count). The summed E-state index contributed by atoms with van der Waals surface area (Å²) in [5, 5.41) is 0. The van der Waals surface area contributed by atoms with Gasteiger partial charge in [0, 0.05) is 0 Å². The molecule has 8 heteroatoms. The molecule has 4 nitrogen and oxygen atoms in total. The Morgan fingerprint density at radius 2 is 0.600 bits per heavy atom. The maximum absolute atomic E-state index is 14.2. The monoisotopic (exact) mass is 1570 g/mol. The molecule has 0 heterocycles. The first-order chi connectivity index (χ1) is 29.4. The van der Waals surface area contributed by atoms with Crippen molar-refractivity contribution in [3.8, 4) is 0 Å². The molecule has 0 saturated heterocycles. The fourth-order valence-corrected chi connectivity index (χ4v) is 87.5. The van der Waals surface area contributed by atoms with Gasteiger partial charge in [0.2, 0.25) is 0 Å². The Hall–Kier alpha value is -0.440. The predicted molar refractivity (Wildman–Crippen MR) is 235 cm³/mol. The summed E-state index contributed by atoms with van der Waals surface area (Å²) in [5.41, 5.74) is 0. The predicted octanol–water partition coefficient (Wildman–Crippen LogP) is 11.6. The maximum atomic E-state index is 14.2. The van der Waals surface area contributed by atoms with E-state index in [1.165, 1.54) is 115 Å². The Morgan fingerprint density at radius 3 is 0.850 bits per heavy atom. The minimum atomic E-state index is -1.95. The zero-order valence-electron chi connectivity index (χ0n) is 37.6. The van der Waals surface area contributed by atoms with E-state index in [1.807, 2.05) is 0 Å². The number of rotatable bonds is 33. The van der Waals surface area contributed by atoms with Gasteiger partial charge in [0.25, 0.3) is 0 Å². The van der Waals surface area contributed by atoms with Crippen molar-refractivity contribution in [3.63, 3.8) is 0 Å². The van der Waals surface area contributed by atoms with Crippen molar-refractivity contribution in [2.75, 3.05) is 0 Å². The fraction of sp³-hybridized carbons (Fsp3) is 0.500. The summed E-state index contributed by atoms with van der Waals surface area (Å²) in [6, 6.07) is 43.8. The van der Waals surface area contributed by atoms with Crippen LogP contribution in [0.25, 0.3) is 0 Å². The molecule has 60 heavy (non-hydrogen) atoms. The van der Waals surface area contributed by atoms with Crippen molar-refractivity contribution in [2.45, 2.75) is 156 Å². The Balaban J connectivity index is 1.47. The summed E-state index contributed by atoms with van der Waals surface area (Å²) in [6.45, 7) is 4.56. The van der Waals surface area contributed by atoms with E-state index >= 15 is 0 Å². The number of esters is 2. The quantitative estimate of drug-likeness (QED) is 0.0271. The Kier molecular flexibility index (Phi) is 28.1. The van der Waals surface area contributed by atoms with Crippen molar-refractivity contribution >= 4 is 24.2 Å². The van der Waals surface area contributed by atoms with Crippen molar-refractivity contribution in [3.05, 3.63) is 121 Å². The summed E-state index contributed by atoms with van der Waals surface area (Å²) >= 11 is -7.81. The molecule has 0 N–H and O–H groups in total. The topological polar surface area (TPSA) is 52.6 Å². The molecular formula is C52H70Hg4O4. The zero-order chi connectivity index (χ0) is 42.4. The Morgan fingerprint density at radius 1 is 0.367 bits per heavy atom. The van der Waals surface area contributed by atoms with Gasteiger partial charge in [0.05, 0.1) is 0 Å². The second-order valence-corrected chi connectivity index (χ2v) is 86.1. The van der Waals surface area contributed by atoms with E-state index in [4.69, 9.17) is 9.47 Å². The first-order valence-electron chi connectivity index (χ1n) is 24.0. The number of hydrogen-bond donors (Lipinski definition) is 0. The van der Waals surface area contributed by atoms with E-state index in [9.17, 15) is 9.59 Å². The molecule has 0 bridgehead atoms. The SMILES string of the molecule is CCCCCCCCCCC[C](OC(=O)CCC(=O)O[C](CCCCCCCCCCC)([Hg][c]1ccccc1)[Hg][c]1ccccc1)([Hg][c]1ccccc1)[Hg][c]1ccccc1. The van der Waals surface area contributed by atoms with Crippen LogP contribution in [-0.4, -0.2) is 13.2 Å². The summed E-state index contributed by atoms with van der Waals surface area (Å²) in [7, 11) is 0. The molecule has 0 saturated carbocycles. The van der Waals surface area contributed by atoms with E-state index in [0.29, 0.717) is 0 Å². The number of ether oxygens (including phenoxy) is 2. The third-order valence-electron chi connectivity index (χ3n) is 12.1.